The monoisotopic (exact) mass is 405 g/mol. The second-order valence-electron chi connectivity index (χ2n) is 6.34. The van der Waals surface area contributed by atoms with Crippen LogP contribution in [0.15, 0.2) is 51.2 Å². The summed E-state index contributed by atoms with van der Waals surface area (Å²) in [5, 5.41) is 5.99. The summed E-state index contributed by atoms with van der Waals surface area (Å²) in [6, 6.07) is 10.8. The molecular weight excluding hydrogens is 386 g/mol. The first-order valence-corrected chi connectivity index (χ1v) is 10.9. The molecule has 1 atom stereocenters. The number of aryl methyl sites for hydroxylation is 1. The second kappa shape index (κ2) is 7.51. The molecule has 0 unspecified atom stereocenters. The number of sulfonamides is 1. The minimum atomic E-state index is -3.59. The fourth-order valence-corrected chi connectivity index (χ4v) is 5.02. The molecule has 1 aliphatic heterocycles. The summed E-state index contributed by atoms with van der Waals surface area (Å²) in [7, 11) is -3.59. The predicted molar refractivity (Wildman–Crippen MR) is 100 cm³/mol. The Morgan fingerprint density at radius 2 is 2.07 bits per heavy atom. The molecule has 1 aliphatic rings. The zero-order valence-electron chi connectivity index (χ0n) is 14.7. The molecule has 0 radical (unpaired) electrons. The zero-order chi connectivity index (χ0) is 18.9. The Hall–Kier alpha value is -2.07. The van der Waals surface area contributed by atoms with Gasteiger partial charge in [0.2, 0.25) is 10.0 Å². The van der Waals surface area contributed by atoms with Crippen molar-refractivity contribution in [3.8, 4) is 0 Å². The van der Waals surface area contributed by atoms with Crippen LogP contribution in [-0.4, -0.2) is 42.6 Å². The molecule has 1 aromatic carbocycles. The molecule has 1 saturated heterocycles. The number of hydrogen-bond acceptors (Lipinski definition) is 7. The molecule has 9 heteroatoms. The van der Waals surface area contributed by atoms with E-state index in [9.17, 15) is 8.42 Å². The smallest absolute Gasteiger partial charge is 0.257 e. The van der Waals surface area contributed by atoms with Gasteiger partial charge >= 0.3 is 0 Å². The first-order chi connectivity index (χ1) is 13.0. The molecule has 1 fully saturated rings. The van der Waals surface area contributed by atoms with Gasteiger partial charge < -0.3 is 9.26 Å². The number of benzene rings is 1. The van der Waals surface area contributed by atoms with Gasteiger partial charge in [0, 0.05) is 24.4 Å². The topological polar surface area (TPSA) is 85.5 Å². The third-order valence-corrected chi connectivity index (χ3v) is 7.12. The fraction of sp³-hybridized carbons (Fsp3) is 0.333. The summed E-state index contributed by atoms with van der Waals surface area (Å²) in [4.78, 5) is 5.80. The maximum absolute atomic E-state index is 12.9. The van der Waals surface area contributed by atoms with Crippen molar-refractivity contribution in [2.24, 2.45) is 0 Å². The van der Waals surface area contributed by atoms with Gasteiger partial charge in [-0.15, -0.1) is 11.3 Å². The van der Waals surface area contributed by atoms with E-state index in [0.29, 0.717) is 24.7 Å². The van der Waals surface area contributed by atoms with Gasteiger partial charge in [0.15, 0.2) is 11.9 Å². The van der Waals surface area contributed by atoms with E-state index in [1.807, 2.05) is 24.4 Å². The van der Waals surface area contributed by atoms with Crippen molar-refractivity contribution in [2.75, 3.05) is 19.7 Å². The standard InChI is InChI=1S/C18H19N3O4S2/c1-13-4-6-15(7-5-13)27(22,23)21-8-9-24-16(12-21)18-19-17(20-25-18)11-14-3-2-10-26-14/h2-7,10,16H,8-9,11-12H2,1H3/t16-/m0/s1. The Labute approximate surface area is 161 Å². The normalized spacial score (nSPS) is 18.6. The average Bonchev–Trinajstić information content (AvgIpc) is 3.35. The lowest BCUT2D eigenvalue weighted by Crippen LogP contribution is -2.42. The van der Waals surface area contributed by atoms with Crippen molar-refractivity contribution in [3.05, 3.63) is 63.9 Å². The Balaban J connectivity index is 1.49. The summed E-state index contributed by atoms with van der Waals surface area (Å²) in [6.45, 7) is 2.64. The first-order valence-electron chi connectivity index (χ1n) is 8.55. The van der Waals surface area contributed by atoms with Crippen molar-refractivity contribution in [1.82, 2.24) is 14.4 Å². The van der Waals surface area contributed by atoms with Crippen molar-refractivity contribution in [1.29, 1.82) is 0 Å². The quantitative estimate of drug-likeness (QED) is 0.649. The number of morpholine rings is 1. The molecule has 2 aromatic heterocycles. The summed E-state index contributed by atoms with van der Waals surface area (Å²) in [6.07, 6.45) is 0.0165. The van der Waals surface area contributed by atoms with Crippen LogP contribution in [0.25, 0.3) is 0 Å². The van der Waals surface area contributed by atoms with Gasteiger partial charge in [0.25, 0.3) is 5.89 Å². The third kappa shape index (κ3) is 3.96. The molecule has 4 rings (SSSR count). The van der Waals surface area contributed by atoms with E-state index in [1.54, 1.807) is 35.6 Å². The number of aromatic nitrogens is 2. The molecule has 0 saturated carbocycles. The van der Waals surface area contributed by atoms with Gasteiger partial charge in [0.05, 0.1) is 11.5 Å². The van der Waals surface area contributed by atoms with Crippen LogP contribution in [0.4, 0.5) is 0 Å². The zero-order valence-corrected chi connectivity index (χ0v) is 16.4. The van der Waals surface area contributed by atoms with Crippen LogP contribution in [0.5, 0.6) is 0 Å². The van der Waals surface area contributed by atoms with Crippen LogP contribution in [0.1, 0.15) is 28.3 Å². The highest BCUT2D eigenvalue weighted by Gasteiger charge is 2.34. The highest BCUT2D eigenvalue weighted by molar-refractivity contribution is 7.89. The molecule has 0 N–H and O–H groups in total. The van der Waals surface area contributed by atoms with Crippen LogP contribution in [-0.2, 0) is 21.2 Å². The Morgan fingerprint density at radius 1 is 1.26 bits per heavy atom. The van der Waals surface area contributed by atoms with Crippen molar-refractivity contribution >= 4 is 21.4 Å². The molecule has 0 amide bonds. The third-order valence-electron chi connectivity index (χ3n) is 4.36. The molecular formula is C18H19N3O4S2. The Morgan fingerprint density at radius 3 is 2.81 bits per heavy atom. The Bertz CT molecular complexity index is 998. The maximum Gasteiger partial charge on any atom is 0.257 e. The molecule has 142 valence electrons. The maximum atomic E-state index is 12.9. The second-order valence-corrected chi connectivity index (χ2v) is 9.31. The number of nitrogens with zero attached hydrogens (tertiary/aromatic N) is 3. The summed E-state index contributed by atoms with van der Waals surface area (Å²) >= 11 is 1.62. The van der Waals surface area contributed by atoms with Crippen LogP contribution >= 0.6 is 11.3 Å². The number of ether oxygens (including phenoxy) is 1. The molecule has 7 nitrogen and oxygen atoms in total. The van der Waals surface area contributed by atoms with E-state index in [2.05, 4.69) is 10.1 Å². The summed E-state index contributed by atoms with van der Waals surface area (Å²) in [5.41, 5.74) is 1.01. The predicted octanol–water partition coefficient (Wildman–Crippen LogP) is 2.79. The largest absolute Gasteiger partial charge is 0.366 e. The van der Waals surface area contributed by atoms with Crippen LogP contribution in [0.2, 0.25) is 0 Å². The van der Waals surface area contributed by atoms with Gasteiger partial charge in [-0.25, -0.2) is 8.42 Å². The van der Waals surface area contributed by atoms with E-state index < -0.39 is 16.1 Å². The number of hydrogen-bond donors (Lipinski definition) is 0. The van der Waals surface area contributed by atoms with Crippen LogP contribution in [0, 0.1) is 6.92 Å². The van der Waals surface area contributed by atoms with E-state index in [1.165, 1.54) is 4.31 Å². The van der Waals surface area contributed by atoms with Gasteiger partial charge in [-0.2, -0.15) is 9.29 Å². The molecule has 27 heavy (non-hydrogen) atoms. The van der Waals surface area contributed by atoms with Crippen molar-refractivity contribution < 1.29 is 17.7 Å². The van der Waals surface area contributed by atoms with Crippen LogP contribution in [0.3, 0.4) is 0 Å². The van der Waals surface area contributed by atoms with Gasteiger partial charge in [0.1, 0.15) is 0 Å². The molecule has 0 spiro atoms. The van der Waals surface area contributed by atoms with Gasteiger partial charge in [-0.05, 0) is 30.5 Å². The number of rotatable bonds is 5. The summed E-state index contributed by atoms with van der Waals surface area (Å²) in [5.74, 6) is 0.875. The fourth-order valence-electron chi connectivity index (χ4n) is 2.89. The highest BCUT2D eigenvalue weighted by Crippen LogP contribution is 2.26. The van der Waals surface area contributed by atoms with Gasteiger partial charge in [-0.3, -0.25) is 0 Å². The first kappa shape index (κ1) is 18.3. The van der Waals surface area contributed by atoms with E-state index in [0.717, 1.165) is 10.4 Å². The summed E-state index contributed by atoms with van der Waals surface area (Å²) < 4.78 is 38.2. The lowest BCUT2D eigenvalue weighted by molar-refractivity contribution is -0.0199. The SMILES string of the molecule is Cc1ccc(S(=O)(=O)N2CCO[C@H](c3nc(Cc4cccs4)no3)C2)cc1. The van der Waals surface area contributed by atoms with E-state index >= 15 is 0 Å². The highest BCUT2D eigenvalue weighted by atomic mass is 32.2. The minimum absolute atomic E-state index is 0.150. The van der Waals surface area contributed by atoms with Crippen molar-refractivity contribution in [2.45, 2.75) is 24.3 Å². The lowest BCUT2D eigenvalue weighted by Gasteiger charge is -2.30. The number of thiophene rings is 1. The van der Waals surface area contributed by atoms with Gasteiger partial charge in [-0.1, -0.05) is 28.9 Å². The molecule has 0 bridgehead atoms. The minimum Gasteiger partial charge on any atom is -0.366 e. The average molecular weight is 406 g/mol. The lowest BCUT2D eigenvalue weighted by atomic mass is 10.2. The van der Waals surface area contributed by atoms with Crippen LogP contribution < -0.4 is 0 Å². The Kier molecular flexibility index (Phi) is 5.09. The van der Waals surface area contributed by atoms with E-state index in [4.69, 9.17) is 9.26 Å². The van der Waals surface area contributed by atoms with Crippen molar-refractivity contribution in [3.63, 3.8) is 0 Å². The molecule has 0 aliphatic carbocycles. The molecule has 3 heterocycles. The van der Waals surface area contributed by atoms with E-state index in [-0.39, 0.29) is 18.0 Å². The molecule has 3 aromatic rings.